The van der Waals surface area contributed by atoms with E-state index in [0.717, 1.165) is 141 Å². The highest BCUT2D eigenvalue weighted by atomic mass is 31.2. The van der Waals surface area contributed by atoms with Crippen LogP contribution in [0.2, 0.25) is 0 Å². The van der Waals surface area contributed by atoms with Crippen LogP contribution in [0.4, 0.5) is 0 Å². The lowest BCUT2D eigenvalue weighted by atomic mass is 10.0. The number of rotatable bonds is 75. The summed E-state index contributed by atoms with van der Waals surface area (Å²) < 4.78 is 61.1. The van der Waals surface area contributed by atoms with Gasteiger partial charge in [0.1, 0.15) is 25.4 Å². The molecule has 0 aliphatic heterocycles. The minimum atomic E-state index is -4.96. The molecule has 5 atom stereocenters. The molecule has 0 bridgehead atoms. The Kier molecular flexibility index (Phi) is 74.7. The zero-order valence-electron chi connectivity index (χ0n) is 65.3. The largest absolute Gasteiger partial charge is 0.472 e. The standard InChI is InChI=1S/C87H144O16P2/c1-4-7-10-13-16-19-22-25-28-31-34-36-38-39-40-41-43-45-47-49-52-55-58-61-64-67-70-73-85(90)97-76-82(88)77-99-104(93,94)100-78-83(89)79-101-105(95,96)102-81-84(103-87(92)75-72-69-66-63-60-57-54-51-46-33-30-27-24-21-18-15-12-9-6-3)80-98-86(91)74-71-68-65-62-59-56-53-50-48-44-42-37-35-32-29-26-23-20-17-14-11-8-5-2/h9,12,16-21,25-30,34-37,39-40,44,46,48,51,57,60,66,69,82-84,88-89H,4-8,10-11,13-15,22-24,31-33,38,41-43,45,47,49-50,52-56,58-59,61-65,67-68,70-81H2,1-3H3,(H,93,94)(H,95,96)/b12-9-,19-16-,20-17-,21-18-,28-25-,29-26-,30-27-,36-34-,37-35-,40-39-,48-44-,51-46-,60-57-,69-66-. The van der Waals surface area contributed by atoms with E-state index in [2.05, 4.69) is 173 Å². The summed E-state index contributed by atoms with van der Waals surface area (Å²) in [5.74, 6) is -1.70. The number of esters is 3. The van der Waals surface area contributed by atoms with Crippen molar-refractivity contribution in [1.82, 2.24) is 0 Å². The fourth-order valence-electron chi connectivity index (χ4n) is 10.3. The molecule has 0 spiro atoms. The summed E-state index contributed by atoms with van der Waals surface area (Å²) in [5.41, 5.74) is 0. The highest BCUT2D eigenvalue weighted by Crippen LogP contribution is 2.45. The van der Waals surface area contributed by atoms with E-state index in [1.54, 1.807) is 0 Å². The minimum Gasteiger partial charge on any atom is -0.463 e. The van der Waals surface area contributed by atoms with Crippen molar-refractivity contribution in [3.63, 3.8) is 0 Å². The van der Waals surface area contributed by atoms with Crippen LogP contribution >= 0.6 is 15.6 Å². The van der Waals surface area contributed by atoms with Crippen molar-refractivity contribution in [2.45, 2.75) is 322 Å². The lowest BCUT2D eigenvalue weighted by Crippen LogP contribution is -2.29. The van der Waals surface area contributed by atoms with E-state index in [4.69, 9.17) is 32.3 Å². The van der Waals surface area contributed by atoms with Gasteiger partial charge in [-0.25, -0.2) is 9.13 Å². The average molecular weight is 1510 g/mol. The van der Waals surface area contributed by atoms with Crippen LogP contribution in [-0.2, 0) is 55.8 Å². The highest BCUT2D eigenvalue weighted by molar-refractivity contribution is 7.47. The molecule has 0 aromatic rings. The first-order valence-electron chi connectivity index (χ1n) is 40.4. The number of allylic oxidation sites excluding steroid dienone is 28. The summed E-state index contributed by atoms with van der Waals surface area (Å²) in [4.78, 5) is 58.7. The van der Waals surface area contributed by atoms with Gasteiger partial charge in [0.25, 0.3) is 0 Å². The molecule has 0 rings (SSSR count). The summed E-state index contributed by atoms with van der Waals surface area (Å²) in [5, 5.41) is 20.7. The molecule has 598 valence electrons. The first-order chi connectivity index (χ1) is 51.2. The van der Waals surface area contributed by atoms with E-state index in [1.807, 2.05) is 18.2 Å². The number of aliphatic hydroxyl groups excluding tert-OH is 2. The van der Waals surface area contributed by atoms with Gasteiger partial charge in [-0.1, -0.05) is 306 Å². The van der Waals surface area contributed by atoms with Crippen LogP contribution in [0.3, 0.4) is 0 Å². The van der Waals surface area contributed by atoms with Crippen molar-refractivity contribution in [1.29, 1.82) is 0 Å². The van der Waals surface area contributed by atoms with Crippen LogP contribution in [-0.4, -0.2) is 95.9 Å². The normalized spacial score (nSPS) is 14.8. The summed E-state index contributed by atoms with van der Waals surface area (Å²) in [6, 6.07) is 0. The summed E-state index contributed by atoms with van der Waals surface area (Å²) in [6.07, 6.45) is 99.8. The molecule has 5 unspecified atom stereocenters. The van der Waals surface area contributed by atoms with E-state index in [1.165, 1.54) is 96.3 Å². The van der Waals surface area contributed by atoms with Crippen molar-refractivity contribution in [2.24, 2.45) is 0 Å². The number of carbonyl (C=O) groups excluding carboxylic acids is 3. The van der Waals surface area contributed by atoms with Crippen molar-refractivity contribution in [3.8, 4) is 0 Å². The molecule has 0 aromatic heterocycles. The first kappa shape index (κ1) is 99.9. The van der Waals surface area contributed by atoms with Crippen LogP contribution in [0.1, 0.15) is 303 Å². The molecule has 0 aliphatic rings. The average Bonchev–Trinajstić information content (AvgIpc) is 0.916. The van der Waals surface area contributed by atoms with Gasteiger partial charge in [0, 0.05) is 19.3 Å². The van der Waals surface area contributed by atoms with Gasteiger partial charge in [-0.15, -0.1) is 0 Å². The Morgan fingerprint density at radius 3 is 0.838 bits per heavy atom. The fourth-order valence-corrected chi connectivity index (χ4v) is 11.9. The van der Waals surface area contributed by atoms with E-state index in [-0.39, 0.29) is 19.3 Å². The maximum Gasteiger partial charge on any atom is 0.472 e. The molecule has 0 aromatic carbocycles. The van der Waals surface area contributed by atoms with Gasteiger partial charge >= 0.3 is 33.6 Å². The van der Waals surface area contributed by atoms with Crippen molar-refractivity contribution < 1.29 is 75.8 Å². The van der Waals surface area contributed by atoms with Crippen LogP contribution in [0.15, 0.2) is 170 Å². The number of hydrogen-bond donors (Lipinski definition) is 4. The van der Waals surface area contributed by atoms with Crippen LogP contribution in [0.25, 0.3) is 0 Å². The number of unbranched alkanes of at least 4 members (excludes halogenated alkanes) is 24. The fraction of sp³-hybridized carbons (Fsp3) is 0.644. The van der Waals surface area contributed by atoms with Gasteiger partial charge in [-0.05, 0) is 148 Å². The molecule has 0 radical (unpaired) electrons. The lowest BCUT2D eigenvalue weighted by molar-refractivity contribution is -0.161. The van der Waals surface area contributed by atoms with Crippen LogP contribution < -0.4 is 0 Å². The number of carbonyl (C=O) groups is 3. The molecule has 105 heavy (non-hydrogen) atoms. The van der Waals surface area contributed by atoms with Gasteiger partial charge in [-0.3, -0.25) is 32.5 Å². The van der Waals surface area contributed by atoms with Gasteiger partial charge in [0.15, 0.2) is 6.10 Å². The molecular weight excluding hydrogens is 1360 g/mol. The SMILES string of the molecule is CC/C=C\C/C=C\C/C=C\C/C=C\C/C=C\C/C=C\CCC(=O)OC(COC(=O)CCCCCCCCC/C=C\C/C=C\C/C=C\C/C=C\CCCCC)COP(=O)(O)OCC(O)COP(=O)(O)OCC(O)COC(=O)CCCCCCCCCCCCC/C=C\C/C=C\C/C=C\C/C=C\CCCCC. The van der Waals surface area contributed by atoms with Gasteiger partial charge < -0.3 is 34.2 Å². The Labute approximate surface area is 637 Å². The minimum absolute atomic E-state index is 0.0294. The number of hydrogen-bond acceptors (Lipinski definition) is 14. The number of aliphatic hydroxyl groups is 2. The maximum absolute atomic E-state index is 13.0. The summed E-state index contributed by atoms with van der Waals surface area (Å²) >= 11 is 0. The predicted molar refractivity (Wildman–Crippen MR) is 435 cm³/mol. The Morgan fingerprint density at radius 2 is 0.524 bits per heavy atom. The molecule has 4 N–H and O–H groups in total. The third-order valence-electron chi connectivity index (χ3n) is 16.4. The van der Waals surface area contributed by atoms with Gasteiger partial charge in [-0.2, -0.15) is 0 Å². The Balaban J connectivity index is 4.70. The molecule has 0 aliphatic carbocycles. The molecule has 0 heterocycles. The molecule has 0 fully saturated rings. The Bertz CT molecular complexity index is 2590. The smallest absolute Gasteiger partial charge is 0.463 e. The second kappa shape index (κ2) is 78.5. The second-order valence-corrected chi connectivity index (χ2v) is 29.4. The summed E-state index contributed by atoms with van der Waals surface area (Å²) in [7, 11) is -9.84. The number of phosphoric acid groups is 2. The molecule has 0 saturated carbocycles. The van der Waals surface area contributed by atoms with Crippen LogP contribution in [0, 0.1) is 0 Å². The van der Waals surface area contributed by atoms with Crippen molar-refractivity contribution in [2.75, 3.05) is 39.6 Å². The van der Waals surface area contributed by atoms with Gasteiger partial charge in [0.05, 0.1) is 26.4 Å². The molecular formula is C87H144O16P2. The number of phosphoric ester groups is 2. The zero-order chi connectivity index (χ0) is 76.6. The first-order valence-corrected chi connectivity index (χ1v) is 43.4. The van der Waals surface area contributed by atoms with Gasteiger partial charge in [0.2, 0.25) is 0 Å². The topological polar surface area (TPSA) is 231 Å². The highest BCUT2D eigenvalue weighted by Gasteiger charge is 2.29. The van der Waals surface area contributed by atoms with E-state index >= 15 is 0 Å². The quantitative estimate of drug-likeness (QED) is 0.0146. The van der Waals surface area contributed by atoms with E-state index < -0.39 is 91.5 Å². The lowest BCUT2D eigenvalue weighted by Gasteiger charge is -2.21. The second-order valence-electron chi connectivity index (χ2n) is 26.5. The Hall–Kier alpha value is -5.09. The molecule has 18 heteroatoms. The molecule has 0 amide bonds. The predicted octanol–water partition coefficient (Wildman–Crippen LogP) is 24.0. The van der Waals surface area contributed by atoms with Crippen molar-refractivity contribution in [3.05, 3.63) is 170 Å². The van der Waals surface area contributed by atoms with Crippen LogP contribution in [0.5, 0.6) is 0 Å². The van der Waals surface area contributed by atoms with Crippen molar-refractivity contribution >= 4 is 33.6 Å². The summed E-state index contributed by atoms with van der Waals surface area (Å²) in [6.45, 7) is 2.40. The molecule has 16 nitrogen and oxygen atoms in total. The third-order valence-corrected chi connectivity index (χ3v) is 18.3. The maximum atomic E-state index is 13.0. The van der Waals surface area contributed by atoms with E-state index in [9.17, 15) is 43.5 Å². The third kappa shape index (κ3) is 79.8. The van der Waals surface area contributed by atoms with E-state index in [0.29, 0.717) is 25.7 Å². The molecule has 0 saturated heterocycles. The Morgan fingerprint density at radius 1 is 0.276 bits per heavy atom. The monoisotopic (exact) mass is 1510 g/mol. The number of ether oxygens (including phenoxy) is 3. The zero-order valence-corrected chi connectivity index (χ0v) is 67.1.